The number of ether oxygens (including phenoxy) is 1. The molecule has 3 fully saturated rings. The van der Waals surface area contributed by atoms with Gasteiger partial charge in [-0.15, -0.1) is 0 Å². The van der Waals surface area contributed by atoms with Gasteiger partial charge < -0.3 is 10.1 Å². The first kappa shape index (κ1) is 14.8. The van der Waals surface area contributed by atoms with Gasteiger partial charge in [-0.3, -0.25) is 4.90 Å². The first-order chi connectivity index (χ1) is 9.38. The van der Waals surface area contributed by atoms with Crippen LogP contribution in [0.25, 0.3) is 0 Å². The minimum atomic E-state index is 0.0950. The van der Waals surface area contributed by atoms with Gasteiger partial charge in [-0.05, 0) is 72.3 Å². The molecule has 3 heteroatoms. The van der Waals surface area contributed by atoms with Crippen molar-refractivity contribution in [3.63, 3.8) is 0 Å². The molecule has 0 aromatic carbocycles. The van der Waals surface area contributed by atoms with Crippen LogP contribution in [0.3, 0.4) is 0 Å². The van der Waals surface area contributed by atoms with Crippen molar-refractivity contribution in [1.29, 1.82) is 0 Å². The average molecular weight is 280 g/mol. The summed E-state index contributed by atoms with van der Waals surface area (Å²) in [6.45, 7) is 12.8. The number of hydrogen-bond donors (Lipinski definition) is 1. The maximum atomic E-state index is 6.22. The zero-order valence-electron chi connectivity index (χ0n) is 13.7. The van der Waals surface area contributed by atoms with Crippen molar-refractivity contribution in [3.05, 3.63) is 0 Å². The van der Waals surface area contributed by atoms with Gasteiger partial charge in [0.15, 0.2) is 0 Å². The molecule has 3 atom stereocenters. The molecule has 3 nitrogen and oxygen atoms in total. The van der Waals surface area contributed by atoms with Crippen LogP contribution in [0.15, 0.2) is 0 Å². The van der Waals surface area contributed by atoms with E-state index in [-0.39, 0.29) is 5.60 Å². The molecule has 0 aromatic heterocycles. The van der Waals surface area contributed by atoms with E-state index in [4.69, 9.17) is 4.74 Å². The minimum Gasteiger partial charge on any atom is -0.371 e. The van der Waals surface area contributed by atoms with E-state index in [1.807, 2.05) is 0 Å². The van der Waals surface area contributed by atoms with E-state index >= 15 is 0 Å². The molecule has 3 aliphatic rings. The van der Waals surface area contributed by atoms with Crippen LogP contribution in [-0.4, -0.2) is 47.8 Å². The Bertz CT molecular complexity index is 353. The second kappa shape index (κ2) is 5.26. The predicted molar refractivity (Wildman–Crippen MR) is 83.0 cm³/mol. The molecule has 2 heterocycles. The van der Waals surface area contributed by atoms with Crippen molar-refractivity contribution in [3.8, 4) is 0 Å². The van der Waals surface area contributed by atoms with Crippen LogP contribution >= 0.6 is 0 Å². The summed E-state index contributed by atoms with van der Waals surface area (Å²) >= 11 is 0. The molecule has 0 spiro atoms. The molecule has 2 saturated heterocycles. The summed E-state index contributed by atoms with van der Waals surface area (Å²) < 4.78 is 6.22. The third-order valence-corrected chi connectivity index (χ3v) is 5.72. The van der Waals surface area contributed by atoms with Gasteiger partial charge >= 0.3 is 0 Å². The maximum absolute atomic E-state index is 6.22. The fraction of sp³-hybridized carbons (Fsp3) is 1.00. The molecule has 0 aromatic rings. The molecule has 1 saturated carbocycles. The smallest absolute Gasteiger partial charge is 0.0710 e. The van der Waals surface area contributed by atoms with E-state index < -0.39 is 0 Å². The van der Waals surface area contributed by atoms with Gasteiger partial charge in [0.1, 0.15) is 0 Å². The fourth-order valence-corrected chi connectivity index (χ4v) is 4.09. The van der Waals surface area contributed by atoms with Crippen molar-refractivity contribution in [1.82, 2.24) is 10.2 Å². The lowest BCUT2D eigenvalue weighted by Gasteiger charge is -2.37. The van der Waals surface area contributed by atoms with E-state index in [1.165, 1.54) is 45.2 Å². The van der Waals surface area contributed by atoms with Crippen LogP contribution in [0, 0.1) is 5.92 Å². The van der Waals surface area contributed by atoms with E-state index in [1.54, 1.807) is 0 Å². The second-order valence-electron chi connectivity index (χ2n) is 8.22. The predicted octanol–water partition coefficient (Wildman–Crippen LogP) is 2.80. The Kier molecular flexibility index (Phi) is 3.89. The highest BCUT2D eigenvalue weighted by atomic mass is 16.5. The molecule has 0 amide bonds. The number of nitrogens with one attached hydrogen (secondary N) is 1. The normalized spacial score (nSPS) is 42.6. The summed E-state index contributed by atoms with van der Waals surface area (Å²) in [6.07, 6.45) is 6.96. The van der Waals surface area contributed by atoms with Gasteiger partial charge in [-0.25, -0.2) is 0 Å². The Morgan fingerprint density at radius 3 is 2.50 bits per heavy atom. The number of rotatable bonds is 3. The van der Waals surface area contributed by atoms with Crippen LogP contribution in [0.1, 0.15) is 59.8 Å². The average Bonchev–Trinajstić information content (AvgIpc) is 3.15. The Hall–Kier alpha value is -0.120. The Balaban J connectivity index is 1.63. The molecular formula is C17H32N2O. The summed E-state index contributed by atoms with van der Waals surface area (Å²) in [6, 6.07) is 0.676. The molecule has 2 aliphatic heterocycles. The van der Waals surface area contributed by atoms with Crippen LogP contribution in [-0.2, 0) is 4.74 Å². The number of hydrogen-bond acceptors (Lipinski definition) is 3. The van der Waals surface area contributed by atoms with Gasteiger partial charge in [-0.1, -0.05) is 0 Å². The summed E-state index contributed by atoms with van der Waals surface area (Å²) in [7, 11) is 0. The van der Waals surface area contributed by atoms with E-state index in [0.29, 0.717) is 17.7 Å². The van der Waals surface area contributed by atoms with E-state index in [9.17, 15) is 0 Å². The van der Waals surface area contributed by atoms with Crippen LogP contribution in [0.4, 0.5) is 0 Å². The summed E-state index contributed by atoms with van der Waals surface area (Å²) in [5.74, 6) is 0.899. The molecule has 0 radical (unpaired) electrons. The zero-order chi connectivity index (χ0) is 14.4. The minimum absolute atomic E-state index is 0.0950. The van der Waals surface area contributed by atoms with E-state index in [0.717, 1.165) is 12.5 Å². The quantitative estimate of drug-likeness (QED) is 0.860. The molecule has 1 N–H and O–H groups in total. The lowest BCUT2D eigenvalue weighted by molar-refractivity contribution is -0.0350. The molecule has 20 heavy (non-hydrogen) atoms. The molecule has 3 unspecified atom stereocenters. The molecule has 3 rings (SSSR count). The molecular weight excluding hydrogens is 248 g/mol. The van der Waals surface area contributed by atoms with Gasteiger partial charge in [0.2, 0.25) is 0 Å². The highest BCUT2D eigenvalue weighted by Crippen LogP contribution is 2.41. The Morgan fingerprint density at radius 2 is 1.90 bits per heavy atom. The molecule has 1 aliphatic carbocycles. The summed E-state index contributed by atoms with van der Waals surface area (Å²) in [5, 5.41) is 3.84. The largest absolute Gasteiger partial charge is 0.371 e. The van der Waals surface area contributed by atoms with Crippen molar-refractivity contribution in [2.24, 2.45) is 5.92 Å². The van der Waals surface area contributed by atoms with Gasteiger partial charge in [-0.2, -0.15) is 0 Å². The second-order valence-corrected chi connectivity index (χ2v) is 8.22. The van der Waals surface area contributed by atoms with Gasteiger partial charge in [0, 0.05) is 24.7 Å². The monoisotopic (exact) mass is 280 g/mol. The standard InChI is InChI=1S/C17H32N2O/c1-13-8-10-18-17(4,14-5-6-14)12-19(13)11-15-7-9-16(2,3)20-15/h13-15,18H,5-12H2,1-4H3. The highest BCUT2D eigenvalue weighted by molar-refractivity contribution is 5.02. The number of nitrogens with zero attached hydrogens (tertiary/aromatic N) is 1. The topological polar surface area (TPSA) is 24.5 Å². The third-order valence-electron chi connectivity index (χ3n) is 5.72. The Labute approximate surface area is 124 Å². The lowest BCUT2D eigenvalue weighted by atomic mass is 9.95. The van der Waals surface area contributed by atoms with Crippen molar-refractivity contribution in [2.75, 3.05) is 19.6 Å². The summed E-state index contributed by atoms with van der Waals surface area (Å²) in [5.41, 5.74) is 0.427. The van der Waals surface area contributed by atoms with Crippen molar-refractivity contribution < 1.29 is 4.74 Å². The fourth-order valence-electron chi connectivity index (χ4n) is 4.09. The zero-order valence-corrected chi connectivity index (χ0v) is 13.7. The van der Waals surface area contributed by atoms with Crippen molar-refractivity contribution >= 4 is 0 Å². The van der Waals surface area contributed by atoms with Crippen LogP contribution in [0.2, 0.25) is 0 Å². The van der Waals surface area contributed by atoms with Crippen molar-refractivity contribution in [2.45, 2.75) is 83.1 Å². The highest BCUT2D eigenvalue weighted by Gasteiger charge is 2.44. The SMILES string of the molecule is CC1CCNC(C)(C2CC2)CN1CC1CCC(C)(C)O1. The Morgan fingerprint density at radius 1 is 1.15 bits per heavy atom. The van der Waals surface area contributed by atoms with Gasteiger partial charge in [0.05, 0.1) is 11.7 Å². The van der Waals surface area contributed by atoms with Gasteiger partial charge in [0.25, 0.3) is 0 Å². The first-order valence-corrected chi connectivity index (χ1v) is 8.55. The van der Waals surface area contributed by atoms with Crippen LogP contribution in [0.5, 0.6) is 0 Å². The first-order valence-electron chi connectivity index (χ1n) is 8.55. The summed E-state index contributed by atoms with van der Waals surface area (Å²) in [4.78, 5) is 2.70. The van der Waals surface area contributed by atoms with Crippen LogP contribution < -0.4 is 5.32 Å². The lowest BCUT2D eigenvalue weighted by Crippen LogP contribution is -2.52. The third kappa shape index (κ3) is 3.20. The molecule has 116 valence electrons. The van der Waals surface area contributed by atoms with E-state index in [2.05, 4.69) is 37.9 Å². The maximum Gasteiger partial charge on any atom is 0.0710 e. The molecule has 0 bridgehead atoms.